The van der Waals surface area contributed by atoms with Gasteiger partial charge < -0.3 is 4.74 Å². The lowest BCUT2D eigenvalue weighted by molar-refractivity contribution is -0.124. The van der Waals surface area contributed by atoms with Gasteiger partial charge in [0.2, 0.25) is 0 Å². The second kappa shape index (κ2) is 10.1. The number of carbonyl (C=O) groups is 1. The monoisotopic (exact) mass is 461 g/mol. The second-order valence-electron chi connectivity index (χ2n) is 7.96. The van der Waals surface area contributed by atoms with Gasteiger partial charge >= 0.3 is 0 Å². The van der Waals surface area contributed by atoms with Crippen molar-refractivity contribution in [3.8, 4) is 22.8 Å². The van der Waals surface area contributed by atoms with Crippen molar-refractivity contribution in [3.63, 3.8) is 0 Å². The summed E-state index contributed by atoms with van der Waals surface area (Å²) in [6.45, 7) is 0.508. The van der Waals surface area contributed by atoms with E-state index in [1.165, 1.54) is 6.08 Å². The summed E-state index contributed by atoms with van der Waals surface area (Å²) in [6.07, 6.45) is 2.91. The van der Waals surface area contributed by atoms with Crippen LogP contribution in [0.3, 0.4) is 0 Å². The molecule has 6 nitrogen and oxygen atoms in total. The molecule has 0 saturated heterocycles. The van der Waals surface area contributed by atoms with Gasteiger partial charge in [-0.2, -0.15) is 0 Å². The van der Waals surface area contributed by atoms with Crippen LogP contribution in [0.5, 0.6) is 5.75 Å². The Morgan fingerprint density at radius 2 is 1.69 bits per heavy atom. The molecule has 5 rings (SSSR count). The van der Waals surface area contributed by atoms with Gasteiger partial charge in [-0.1, -0.05) is 60.7 Å². The van der Waals surface area contributed by atoms with Crippen LogP contribution in [0, 0.1) is 0 Å². The fraction of sp³-hybridized carbons (Fsp3) is 0.0345. The van der Waals surface area contributed by atoms with E-state index in [4.69, 9.17) is 14.9 Å². The minimum absolute atomic E-state index is 0.508. The SMILES string of the molecule is O=C(/C=C/c1cccc(-c2nc3ccccc3n2-c2ccc(OCc3ccccc3)cc2)c1)NO. The van der Waals surface area contributed by atoms with Crippen molar-refractivity contribution in [3.05, 3.63) is 120 Å². The summed E-state index contributed by atoms with van der Waals surface area (Å²) in [6, 6.07) is 33.8. The van der Waals surface area contributed by atoms with E-state index in [1.54, 1.807) is 11.6 Å². The second-order valence-corrected chi connectivity index (χ2v) is 7.96. The number of carbonyl (C=O) groups excluding carboxylic acids is 1. The van der Waals surface area contributed by atoms with E-state index in [9.17, 15) is 4.79 Å². The summed E-state index contributed by atoms with van der Waals surface area (Å²) >= 11 is 0. The molecule has 172 valence electrons. The molecule has 0 atom stereocenters. The predicted octanol–water partition coefficient (Wildman–Crippen LogP) is 5.79. The molecule has 6 heteroatoms. The maximum atomic E-state index is 11.4. The summed E-state index contributed by atoms with van der Waals surface area (Å²) in [4.78, 5) is 16.3. The summed E-state index contributed by atoms with van der Waals surface area (Å²) in [5.41, 5.74) is 7.26. The van der Waals surface area contributed by atoms with Crippen molar-refractivity contribution in [2.45, 2.75) is 6.61 Å². The van der Waals surface area contributed by atoms with Gasteiger partial charge in [-0.15, -0.1) is 0 Å². The normalized spacial score (nSPS) is 11.1. The van der Waals surface area contributed by atoms with Crippen LogP contribution in [0.1, 0.15) is 11.1 Å². The maximum absolute atomic E-state index is 11.4. The Morgan fingerprint density at radius 3 is 2.49 bits per heavy atom. The number of nitrogens with zero attached hydrogens (tertiary/aromatic N) is 2. The van der Waals surface area contributed by atoms with Crippen LogP contribution in [0.2, 0.25) is 0 Å². The number of para-hydroxylation sites is 2. The molecule has 0 saturated carbocycles. The summed E-state index contributed by atoms with van der Waals surface area (Å²) in [5.74, 6) is 0.987. The van der Waals surface area contributed by atoms with Crippen molar-refractivity contribution in [1.82, 2.24) is 15.0 Å². The molecule has 4 aromatic carbocycles. The molecule has 0 spiro atoms. The predicted molar refractivity (Wildman–Crippen MR) is 136 cm³/mol. The highest BCUT2D eigenvalue weighted by molar-refractivity contribution is 5.91. The number of aromatic nitrogens is 2. The molecule has 1 heterocycles. The lowest BCUT2D eigenvalue weighted by Gasteiger charge is -2.12. The average molecular weight is 462 g/mol. The van der Waals surface area contributed by atoms with Crippen molar-refractivity contribution < 1.29 is 14.7 Å². The Balaban J connectivity index is 1.49. The lowest BCUT2D eigenvalue weighted by atomic mass is 10.1. The zero-order valence-electron chi connectivity index (χ0n) is 18.8. The standard InChI is InChI=1S/C29H23N3O3/c33-28(31-34)18-13-21-9-6-10-23(19-21)29-30-26-11-4-5-12-27(26)32(29)24-14-16-25(17-15-24)35-20-22-7-2-1-3-8-22/h1-19,34H,20H2,(H,31,33)/b18-13+. The van der Waals surface area contributed by atoms with E-state index in [1.807, 2.05) is 103 Å². The lowest BCUT2D eigenvalue weighted by Crippen LogP contribution is -2.14. The van der Waals surface area contributed by atoms with Gasteiger partial charge in [0.1, 0.15) is 18.2 Å². The van der Waals surface area contributed by atoms with Crippen LogP contribution in [0.25, 0.3) is 34.2 Å². The summed E-state index contributed by atoms with van der Waals surface area (Å²) in [5, 5.41) is 8.73. The molecular weight excluding hydrogens is 438 g/mol. The molecule has 0 radical (unpaired) electrons. The minimum Gasteiger partial charge on any atom is -0.489 e. The Morgan fingerprint density at radius 1 is 0.914 bits per heavy atom. The van der Waals surface area contributed by atoms with Gasteiger partial charge in [-0.25, -0.2) is 10.5 Å². The number of benzene rings is 4. The van der Waals surface area contributed by atoms with E-state index in [0.29, 0.717) is 6.61 Å². The molecule has 0 aliphatic carbocycles. The highest BCUT2D eigenvalue weighted by atomic mass is 16.5. The molecule has 0 aliphatic heterocycles. The quantitative estimate of drug-likeness (QED) is 0.183. The molecule has 0 aliphatic rings. The molecule has 2 N–H and O–H groups in total. The maximum Gasteiger partial charge on any atom is 0.267 e. The molecule has 0 unspecified atom stereocenters. The fourth-order valence-corrected chi connectivity index (χ4v) is 3.90. The zero-order valence-corrected chi connectivity index (χ0v) is 18.8. The first-order valence-electron chi connectivity index (χ1n) is 11.2. The van der Waals surface area contributed by atoms with E-state index >= 15 is 0 Å². The van der Waals surface area contributed by atoms with Gasteiger partial charge in [-0.05, 0) is 59.7 Å². The average Bonchev–Trinajstić information content (AvgIpc) is 3.31. The van der Waals surface area contributed by atoms with Crippen molar-refractivity contribution in [1.29, 1.82) is 0 Å². The first-order valence-corrected chi connectivity index (χ1v) is 11.2. The number of hydroxylamine groups is 1. The van der Waals surface area contributed by atoms with Crippen LogP contribution in [-0.2, 0) is 11.4 Å². The zero-order chi connectivity index (χ0) is 24.0. The van der Waals surface area contributed by atoms with Crippen molar-refractivity contribution in [2.75, 3.05) is 0 Å². The van der Waals surface area contributed by atoms with Crippen LogP contribution in [0.4, 0.5) is 0 Å². The van der Waals surface area contributed by atoms with Gasteiger partial charge in [0, 0.05) is 17.3 Å². The van der Waals surface area contributed by atoms with Crippen LogP contribution < -0.4 is 10.2 Å². The Kier molecular flexibility index (Phi) is 6.37. The number of nitrogens with one attached hydrogen (secondary N) is 1. The number of hydrogen-bond donors (Lipinski definition) is 2. The van der Waals surface area contributed by atoms with Crippen LogP contribution >= 0.6 is 0 Å². The highest BCUT2D eigenvalue weighted by Crippen LogP contribution is 2.30. The van der Waals surface area contributed by atoms with Gasteiger partial charge in [-0.3, -0.25) is 14.6 Å². The molecule has 1 aromatic heterocycles. The third kappa shape index (κ3) is 4.98. The number of ether oxygens (including phenoxy) is 1. The Bertz CT molecular complexity index is 1490. The fourth-order valence-electron chi connectivity index (χ4n) is 3.90. The van der Waals surface area contributed by atoms with Gasteiger partial charge in [0.25, 0.3) is 5.91 Å². The van der Waals surface area contributed by atoms with Crippen LogP contribution in [0.15, 0.2) is 109 Å². The molecular formula is C29H23N3O3. The number of amides is 1. The van der Waals surface area contributed by atoms with Gasteiger partial charge in [0.15, 0.2) is 0 Å². The Labute approximate surface area is 202 Å². The molecule has 35 heavy (non-hydrogen) atoms. The number of hydrogen-bond acceptors (Lipinski definition) is 4. The highest BCUT2D eigenvalue weighted by Gasteiger charge is 2.14. The third-order valence-corrected chi connectivity index (χ3v) is 5.59. The third-order valence-electron chi connectivity index (χ3n) is 5.59. The molecule has 1 amide bonds. The van der Waals surface area contributed by atoms with E-state index in [-0.39, 0.29) is 0 Å². The number of fused-ring (bicyclic) bond motifs is 1. The first-order chi connectivity index (χ1) is 17.2. The summed E-state index contributed by atoms with van der Waals surface area (Å²) in [7, 11) is 0. The first kappa shape index (κ1) is 22.1. The molecule has 5 aromatic rings. The van der Waals surface area contributed by atoms with E-state index in [0.717, 1.165) is 45.0 Å². The topological polar surface area (TPSA) is 76.4 Å². The molecule has 0 fully saturated rings. The van der Waals surface area contributed by atoms with Crippen molar-refractivity contribution in [2.24, 2.45) is 0 Å². The minimum atomic E-state index is -0.586. The number of rotatable bonds is 7. The van der Waals surface area contributed by atoms with Crippen molar-refractivity contribution >= 4 is 23.0 Å². The largest absolute Gasteiger partial charge is 0.489 e. The van der Waals surface area contributed by atoms with Gasteiger partial charge in [0.05, 0.1) is 11.0 Å². The van der Waals surface area contributed by atoms with E-state index < -0.39 is 5.91 Å². The Hall–Kier alpha value is -4.68. The molecule has 0 bridgehead atoms. The van der Waals surface area contributed by atoms with Crippen LogP contribution in [-0.4, -0.2) is 20.7 Å². The number of imidazole rings is 1. The summed E-state index contributed by atoms with van der Waals surface area (Å²) < 4.78 is 8.07. The smallest absolute Gasteiger partial charge is 0.267 e. The van der Waals surface area contributed by atoms with E-state index in [2.05, 4.69) is 4.57 Å².